The predicted molar refractivity (Wildman–Crippen MR) is 75.7 cm³/mol. The van der Waals surface area contributed by atoms with Crippen molar-refractivity contribution in [2.45, 2.75) is 13.8 Å². The standard InChI is InChI=1S/C15H13N3O3/c1-3-21-15(20)12-9(2)18-14(19)11(8-16)13(12)10-4-6-17-7-5-10/h4-7H,3H2,1-2H3,(H,18,19). The number of hydrogen-bond acceptors (Lipinski definition) is 5. The predicted octanol–water partition coefficient (Wildman–Crippen LogP) is 1.79. The summed E-state index contributed by atoms with van der Waals surface area (Å²) in [5.74, 6) is -0.574. The van der Waals surface area contributed by atoms with Crippen molar-refractivity contribution in [2.75, 3.05) is 6.61 Å². The minimum absolute atomic E-state index is 0.116. The van der Waals surface area contributed by atoms with Crippen molar-refractivity contribution < 1.29 is 9.53 Å². The number of pyridine rings is 2. The largest absolute Gasteiger partial charge is 0.462 e. The second kappa shape index (κ2) is 6.01. The summed E-state index contributed by atoms with van der Waals surface area (Å²) >= 11 is 0. The highest BCUT2D eigenvalue weighted by Crippen LogP contribution is 2.27. The maximum Gasteiger partial charge on any atom is 0.340 e. The van der Waals surface area contributed by atoms with Crippen LogP contribution < -0.4 is 5.56 Å². The number of rotatable bonds is 3. The molecule has 0 aliphatic carbocycles. The first-order chi connectivity index (χ1) is 10.1. The Hall–Kier alpha value is -2.94. The molecule has 2 aromatic rings. The molecule has 0 aliphatic heterocycles. The Morgan fingerprint density at radius 1 is 1.43 bits per heavy atom. The number of ether oxygens (including phenoxy) is 1. The molecule has 106 valence electrons. The molecular formula is C15H13N3O3. The zero-order valence-corrected chi connectivity index (χ0v) is 11.6. The fourth-order valence-electron chi connectivity index (χ4n) is 2.09. The van der Waals surface area contributed by atoms with Crippen LogP contribution in [0.1, 0.15) is 28.5 Å². The van der Waals surface area contributed by atoms with Gasteiger partial charge in [-0.15, -0.1) is 0 Å². The number of nitrogens with zero attached hydrogens (tertiary/aromatic N) is 2. The monoisotopic (exact) mass is 283 g/mol. The van der Waals surface area contributed by atoms with E-state index in [2.05, 4.69) is 9.97 Å². The van der Waals surface area contributed by atoms with Crippen LogP contribution in [0.2, 0.25) is 0 Å². The van der Waals surface area contributed by atoms with Gasteiger partial charge in [-0.05, 0) is 31.5 Å². The highest BCUT2D eigenvalue weighted by molar-refractivity contribution is 5.99. The number of H-pyrrole nitrogens is 1. The molecule has 6 heteroatoms. The molecule has 0 unspecified atom stereocenters. The van der Waals surface area contributed by atoms with E-state index in [1.54, 1.807) is 26.0 Å². The van der Waals surface area contributed by atoms with Gasteiger partial charge in [0, 0.05) is 23.7 Å². The molecule has 1 N–H and O–H groups in total. The molecule has 0 saturated heterocycles. The first kappa shape index (κ1) is 14.5. The fraction of sp³-hybridized carbons (Fsp3) is 0.200. The van der Waals surface area contributed by atoms with E-state index in [1.807, 2.05) is 6.07 Å². The average molecular weight is 283 g/mol. The molecule has 0 radical (unpaired) electrons. The maximum absolute atomic E-state index is 12.2. The molecule has 2 aromatic heterocycles. The van der Waals surface area contributed by atoms with E-state index in [9.17, 15) is 14.9 Å². The first-order valence-electron chi connectivity index (χ1n) is 6.34. The number of esters is 1. The summed E-state index contributed by atoms with van der Waals surface area (Å²) in [4.78, 5) is 30.5. The van der Waals surface area contributed by atoms with Crippen LogP contribution in [0.15, 0.2) is 29.3 Å². The Balaban J connectivity index is 2.85. The molecule has 0 spiro atoms. The van der Waals surface area contributed by atoms with Crippen LogP contribution in [0.25, 0.3) is 11.1 Å². The van der Waals surface area contributed by atoms with Gasteiger partial charge in [-0.2, -0.15) is 5.26 Å². The van der Waals surface area contributed by atoms with Gasteiger partial charge in [-0.1, -0.05) is 0 Å². The molecule has 6 nitrogen and oxygen atoms in total. The van der Waals surface area contributed by atoms with Crippen molar-refractivity contribution in [3.05, 3.63) is 51.7 Å². The molecule has 0 fully saturated rings. The molecule has 2 rings (SSSR count). The third kappa shape index (κ3) is 2.67. The zero-order chi connectivity index (χ0) is 15.4. The highest BCUT2D eigenvalue weighted by Gasteiger charge is 2.23. The van der Waals surface area contributed by atoms with Crippen molar-refractivity contribution in [2.24, 2.45) is 0 Å². The molecule has 0 amide bonds. The van der Waals surface area contributed by atoms with Crippen molar-refractivity contribution in [3.8, 4) is 17.2 Å². The van der Waals surface area contributed by atoms with Crippen molar-refractivity contribution in [1.82, 2.24) is 9.97 Å². The van der Waals surface area contributed by atoms with Gasteiger partial charge >= 0.3 is 5.97 Å². The van der Waals surface area contributed by atoms with Gasteiger partial charge in [0.2, 0.25) is 0 Å². The molecule has 0 atom stereocenters. The number of aromatic nitrogens is 2. The van der Waals surface area contributed by atoms with Gasteiger partial charge in [-0.25, -0.2) is 4.79 Å². The molecule has 0 saturated carbocycles. The Bertz CT molecular complexity index is 773. The van der Waals surface area contributed by atoms with Crippen molar-refractivity contribution in [1.29, 1.82) is 5.26 Å². The van der Waals surface area contributed by atoms with Crippen LogP contribution in [0.3, 0.4) is 0 Å². The van der Waals surface area contributed by atoms with Crippen molar-refractivity contribution >= 4 is 5.97 Å². The summed E-state index contributed by atoms with van der Waals surface area (Å²) in [6.07, 6.45) is 3.06. The molecule has 21 heavy (non-hydrogen) atoms. The Morgan fingerprint density at radius 2 is 2.10 bits per heavy atom. The van der Waals surface area contributed by atoms with Gasteiger partial charge in [0.15, 0.2) is 0 Å². The molecule has 0 bridgehead atoms. The minimum Gasteiger partial charge on any atom is -0.462 e. The van der Waals surface area contributed by atoms with E-state index in [-0.39, 0.29) is 23.3 Å². The van der Waals surface area contributed by atoms with Gasteiger partial charge in [0.25, 0.3) is 5.56 Å². The Morgan fingerprint density at radius 3 is 2.67 bits per heavy atom. The number of nitriles is 1. The van der Waals surface area contributed by atoms with E-state index >= 15 is 0 Å². The lowest BCUT2D eigenvalue weighted by atomic mass is 9.95. The highest BCUT2D eigenvalue weighted by atomic mass is 16.5. The lowest BCUT2D eigenvalue weighted by Crippen LogP contribution is -2.20. The van der Waals surface area contributed by atoms with Crippen LogP contribution in [0.5, 0.6) is 0 Å². The van der Waals surface area contributed by atoms with Gasteiger partial charge in [0.05, 0.1) is 12.2 Å². The molecule has 0 aromatic carbocycles. The number of aryl methyl sites for hydroxylation is 1. The number of hydrogen-bond donors (Lipinski definition) is 1. The lowest BCUT2D eigenvalue weighted by molar-refractivity contribution is 0.0526. The van der Waals surface area contributed by atoms with Crippen molar-refractivity contribution in [3.63, 3.8) is 0 Å². The zero-order valence-electron chi connectivity index (χ0n) is 11.6. The molecule has 0 aliphatic rings. The van der Waals surface area contributed by atoms with Crippen LogP contribution in [-0.2, 0) is 4.74 Å². The van der Waals surface area contributed by atoms with E-state index < -0.39 is 11.5 Å². The third-order valence-corrected chi connectivity index (χ3v) is 2.96. The topological polar surface area (TPSA) is 95.8 Å². The molecule has 2 heterocycles. The average Bonchev–Trinajstić information content (AvgIpc) is 2.47. The molecular weight excluding hydrogens is 270 g/mol. The van der Waals surface area contributed by atoms with E-state index in [0.29, 0.717) is 11.3 Å². The summed E-state index contributed by atoms with van der Waals surface area (Å²) in [5.41, 5.74) is 0.756. The Kier molecular flexibility index (Phi) is 4.14. The lowest BCUT2D eigenvalue weighted by Gasteiger charge is -2.12. The van der Waals surface area contributed by atoms with Crippen LogP contribution in [-0.4, -0.2) is 22.5 Å². The fourth-order valence-corrected chi connectivity index (χ4v) is 2.09. The van der Waals surface area contributed by atoms with Crippen LogP contribution in [0, 0.1) is 18.3 Å². The normalized spacial score (nSPS) is 9.95. The number of nitrogens with one attached hydrogen (secondary N) is 1. The summed E-state index contributed by atoms with van der Waals surface area (Å²) in [6.45, 7) is 3.49. The number of aromatic amines is 1. The van der Waals surface area contributed by atoms with Gasteiger partial charge in [0.1, 0.15) is 11.6 Å². The second-order valence-corrected chi connectivity index (χ2v) is 4.27. The van der Waals surface area contributed by atoms with E-state index in [4.69, 9.17) is 4.74 Å². The van der Waals surface area contributed by atoms with Gasteiger partial charge in [-0.3, -0.25) is 9.78 Å². The van der Waals surface area contributed by atoms with E-state index in [0.717, 1.165) is 0 Å². The summed E-state index contributed by atoms with van der Waals surface area (Å²) < 4.78 is 5.02. The van der Waals surface area contributed by atoms with Crippen LogP contribution in [0.4, 0.5) is 0 Å². The maximum atomic E-state index is 12.2. The smallest absolute Gasteiger partial charge is 0.340 e. The van der Waals surface area contributed by atoms with Crippen LogP contribution >= 0.6 is 0 Å². The number of carbonyl (C=O) groups is 1. The minimum atomic E-state index is -0.574. The quantitative estimate of drug-likeness (QED) is 0.866. The Labute approximate surface area is 121 Å². The SMILES string of the molecule is CCOC(=O)c1c(C)[nH]c(=O)c(C#N)c1-c1ccncc1. The van der Waals surface area contributed by atoms with E-state index in [1.165, 1.54) is 12.4 Å². The third-order valence-electron chi connectivity index (χ3n) is 2.96. The summed E-state index contributed by atoms with van der Waals surface area (Å²) in [5, 5.41) is 9.25. The first-order valence-corrected chi connectivity index (χ1v) is 6.34. The number of carbonyl (C=O) groups excluding carboxylic acids is 1. The summed E-state index contributed by atoms with van der Waals surface area (Å²) in [6, 6.07) is 5.13. The second-order valence-electron chi connectivity index (χ2n) is 4.27. The summed E-state index contributed by atoms with van der Waals surface area (Å²) in [7, 11) is 0. The van der Waals surface area contributed by atoms with Gasteiger partial charge < -0.3 is 9.72 Å².